The zero-order valence-corrected chi connectivity index (χ0v) is 47.6. The average Bonchev–Trinajstić information content (AvgIpc) is 4.06. The van der Waals surface area contributed by atoms with E-state index in [-0.39, 0.29) is 41.6 Å². The Kier molecular flexibility index (Phi) is 21.2. The van der Waals surface area contributed by atoms with E-state index in [0.29, 0.717) is 28.6 Å². The van der Waals surface area contributed by atoms with Gasteiger partial charge in [0.2, 0.25) is 11.8 Å². The molecule has 0 spiro atoms. The Balaban J connectivity index is 0.000000196. The van der Waals surface area contributed by atoms with Gasteiger partial charge in [-0.1, -0.05) is 78.7 Å². The molecule has 2 aromatic carbocycles. The zero-order valence-electron chi connectivity index (χ0n) is 46.0. The molecule has 412 valence electrons. The fourth-order valence-corrected chi connectivity index (χ4v) is 10.5. The summed E-state index contributed by atoms with van der Waals surface area (Å²) in [5.41, 5.74) is 5.92. The first-order chi connectivity index (χ1) is 37.2. The van der Waals surface area contributed by atoms with Gasteiger partial charge in [0.25, 0.3) is 5.91 Å². The molecule has 4 aliphatic rings. The minimum atomic E-state index is -0.502. The van der Waals surface area contributed by atoms with Gasteiger partial charge < -0.3 is 39.0 Å². The molecule has 2 saturated heterocycles. The molecule has 2 saturated carbocycles. The number of nitrogens with one attached hydrogen (secondary N) is 1. The van der Waals surface area contributed by atoms with Crippen LogP contribution in [0.3, 0.4) is 0 Å². The maximum absolute atomic E-state index is 13.1. The standard InChI is InChI=1S/C29H37N5O4.C23H26BrN3O3.C5H12N2.CO/c1-19(2)38-27-25-23(20-10-12-21(13-11-20)28(35)33-16-14-32(3)15-17-33)18-24(29(36)37-4)30-26(25)34(31-27)22-8-6-5-7-9-22;1-14(2)30-22-20-18(15-9-11-16(24)12-10-15)13-19(23(28)29-3)25-21(20)27(26-22)17-7-5-4-6-8-17;1-7-4-2-6-3-5-7;1-2/h10-13,18-19,22H,5-9,14-17H2,1-4H3;9-14,17H,4-8H2,1-3H3;6H,2-5H2,1H3;. The second-order valence-electron chi connectivity index (χ2n) is 20.6. The third kappa shape index (κ3) is 14.7. The molecular weight excluding hydrogens is 1040 g/mol. The van der Waals surface area contributed by atoms with Crippen LogP contribution in [0, 0.1) is 6.65 Å². The summed E-state index contributed by atoms with van der Waals surface area (Å²) in [6.45, 7) is 20.4. The van der Waals surface area contributed by atoms with E-state index in [1.54, 1.807) is 12.1 Å². The average molecular weight is 1120 g/mol. The number of piperazine rings is 2. The van der Waals surface area contributed by atoms with Gasteiger partial charge in [0, 0.05) is 73.5 Å². The van der Waals surface area contributed by atoms with Crippen LogP contribution in [-0.2, 0) is 14.1 Å². The number of methoxy groups -OCH3 is 2. The van der Waals surface area contributed by atoms with E-state index < -0.39 is 11.9 Å². The van der Waals surface area contributed by atoms with Crippen molar-refractivity contribution in [2.75, 3.05) is 80.7 Å². The van der Waals surface area contributed by atoms with Crippen molar-refractivity contribution >= 4 is 55.8 Å². The van der Waals surface area contributed by atoms with Crippen LogP contribution >= 0.6 is 15.9 Å². The molecule has 2 aliphatic carbocycles. The van der Waals surface area contributed by atoms with Crippen LogP contribution in [0.25, 0.3) is 44.3 Å². The number of aromatic nitrogens is 6. The molecule has 6 heterocycles. The number of hydrogen-bond acceptors (Lipinski definition) is 14. The molecule has 1 N–H and O–H groups in total. The summed E-state index contributed by atoms with van der Waals surface area (Å²) in [7, 11) is 6.96. The van der Waals surface area contributed by atoms with Gasteiger partial charge in [-0.05, 0) is 115 Å². The summed E-state index contributed by atoms with van der Waals surface area (Å²) in [5, 5.41) is 14.6. The molecule has 10 rings (SSSR count). The van der Waals surface area contributed by atoms with Crippen LogP contribution in [0.4, 0.5) is 0 Å². The van der Waals surface area contributed by atoms with E-state index >= 15 is 0 Å². The molecule has 0 bridgehead atoms. The van der Waals surface area contributed by atoms with Crippen molar-refractivity contribution in [1.29, 1.82) is 0 Å². The number of esters is 2. The molecule has 0 radical (unpaired) electrons. The van der Waals surface area contributed by atoms with Crippen molar-refractivity contribution in [3.63, 3.8) is 0 Å². The number of amides is 1. The number of fused-ring (bicyclic) bond motifs is 2. The Hall–Kier alpha value is -6.21. The molecule has 4 fully saturated rings. The molecule has 6 aromatic rings. The molecule has 18 nitrogen and oxygen atoms in total. The molecule has 77 heavy (non-hydrogen) atoms. The van der Waals surface area contributed by atoms with E-state index in [0.717, 1.165) is 115 Å². The van der Waals surface area contributed by atoms with Gasteiger partial charge in [0.15, 0.2) is 22.7 Å². The SMILES string of the molecule is CN1CCNCC1.COC(=O)c1cc(-c2ccc(Br)cc2)c2c(OC(C)C)nn(C3CCCCC3)c2n1.COC(=O)c1cc(-c2ccc(C(=O)N3CCN(C)CC3)cc2)c2c(OC(C)C)nn(C3CCCCC3)c2n1.[C-]#[O+]. The summed E-state index contributed by atoms with van der Waals surface area (Å²) in [5.74, 6) is 0.147. The fourth-order valence-electron chi connectivity index (χ4n) is 10.2. The number of pyridine rings is 2. The first-order valence-corrected chi connectivity index (χ1v) is 27.8. The summed E-state index contributed by atoms with van der Waals surface area (Å²) in [6.07, 6.45) is 11.1. The topological polar surface area (TPSA) is 191 Å². The number of benzene rings is 2. The zero-order chi connectivity index (χ0) is 55.2. The quantitative estimate of drug-likeness (QED) is 0.0732. The Morgan fingerprint density at radius 1 is 0.610 bits per heavy atom. The minimum absolute atomic E-state index is 0.0269. The third-order valence-corrected chi connectivity index (χ3v) is 14.8. The Bertz CT molecular complexity index is 2930. The number of likely N-dealkylation sites (N-methyl/N-ethyl adjacent to an activating group) is 2. The first kappa shape index (κ1) is 58.5. The van der Waals surface area contributed by atoms with Crippen molar-refractivity contribution in [1.82, 2.24) is 49.5 Å². The van der Waals surface area contributed by atoms with E-state index in [4.69, 9.17) is 38.8 Å². The van der Waals surface area contributed by atoms with Gasteiger partial charge in [-0.2, -0.15) is 0 Å². The summed E-state index contributed by atoms with van der Waals surface area (Å²) in [6, 6.07) is 19.5. The molecular formula is C58H75BrN10O8. The van der Waals surface area contributed by atoms with E-state index in [1.807, 2.05) is 90.5 Å². The monoisotopic (exact) mass is 1120 g/mol. The summed E-state index contributed by atoms with van der Waals surface area (Å²) < 4.78 is 34.7. The summed E-state index contributed by atoms with van der Waals surface area (Å²) in [4.78, 5) is 54.1. The first-order valence-electron chi connectivity index (χ1n) is 27.0. The predicted octanol–water partition coefficient (Wildman–Crippen LogP) is 9.99. The molecule has 0 atom stereocenters. The van der Waals surface area contributed by atoms with Crippen LogP contribution in [0.15, 0.2) is 65.1 Å². The third-order valence-electron chi connectivity index (χ3n) is 14.3. The van der Waals surface area contributed by atoms with Gasteiger partial charge in [0.1, 0.15) is 0 Å². The van der Waals surface area contributed by atoms with Crippen LogP contribution in [0.2, 0.25) is 0 Å². The maximum atomic E-state index is 13.1. The number of hydrogen-bond donors (Lipinski definition) is 1. The number of nitrogens with zero attached hydrogens (tertiary/aromatic N) is 9. The second kappa shape index (κ2) is 27.9. The molecule has 1 amide bonds. The number of halogens is 1. The number of rotatable bonds is 11. The molecule has 4 aromatic heterocycles. The number of ether oxygens (including phenoxy) is 4. The van der Waals surface area contributed by atoms with Crippen molar-refractivity contribution in [2.24, 2.45) is 0 Å². The second-order valence-corrected chi connectivity index (χ2v) is 21.6. The Labute approximate surface area is 461 Å². The predicted molar refractivity (Wildman–Crippen MR) is 300 cm³/mol. The van der Waals surface area contributed by atoms with Gasteiger partial charge in [-0.3, -0.25) is 4.79 Å². The number of carbonyl (C=O) groups is 3. The van der Waals surface area contributed by atoms with Gasteiger partial charge in [-0.25, -0.2) is 28.9 Å². The van der Waals surface area contributed by atoms with Crippen LogP contribution in [-0.4, -0.2) is 155 Å². The van der Waals surface area contributed by atoms with Crippen molar-refractivity contribution in [2.45, 2.75) is 116 Å². The Morgan fingerprint density at radius 2 is 1.01 bits per heavy atom. The van der Waals surface area contributed by atoms with Gasteiger partial charge in [-0.15, -0.1) is 10.2 Å². The Morgan fingerprint density at radius 3 is 1.39 bits per heavy atom. The van der Waals surface area contributed by atoms with Crippen molar-refractivity contribution < 1.29 is 38.0 Å². The van der Waals surface area contributed by atoms with Crippen LogP contribution in [0.5, 0.6) is 11.8 Å². The van der Waals surface area contributed by atoms with Gasteiger partial charge >= 0.3 is 23.2 Å². The van der Waals surface area contributed by atoms with Gasteiger partial charge in [0.05, 0.1) is 49.3 Å². The number of carbonyl (C=O) groups excluding carboxylic acids is 3. The molecule has 19 heteroatoms. The van der Waals surface area contributed by atoms with E-state index in [9.17, 15) is 14.4 Å². The van der Waals surface area contributed by atoms with E-state index in [1.165, 1.54) is 53.0 Å². The normalized spacial score (nSPS) is 16.7. The molecule has 0 unspecified atom stereocenters. The molecule has 2 aliphatic heterocycles. The van der Waals surface area contributed by atoms with Crippen LogP contribution in [0.1, 0.15) is 135 Å². The fraction of sp³-hybridized carbons (Fsp3) is 0.517. The summed E-state index contributed by atoms with van der Waals surface area (Å²) >= 11 is 3.49. The van der Waals surface area contributed by atoms with Crippen molar-refractivity contribution in [3.05, 3.63) is 88.7 Å². The van der Waals surface area contributed by atoms with Crippen LogP contribution < -0.4 is 14.8 Å². The van der Waals surface area contributed by atoms with Crippen molar-refractivity contribution in [3.8, 4) is 34.0 Å². The van der Waals surface area contributed by atoms with E-state index in [2.05, 4.69) is 56.8 Å².